The Bertz CT molecular complexity index is 984. The molecule has 0 heterocycles. The van der Waals surface area contributed by atoms with Gasteiger partial charge in [0.1, 0.15) is 5.75 Å². The summed E-state index contributed by atoms with van der Waals surface area (Å²) in [6.45, 7) is 4.26. The average Bonchev–Trinajstić information content (AvgIpc) is 2.87. The molecule has 0 radical (unpaired) electrons. The quantitative estimate of drug-likeness (QED) is 0.177. The zero-order chi connectivity index (χ0) is 25.5. The third-order valence-electron chi connectivity index (χ3n) is 5.26. The summed E-state index contributed by atoms with van der Waals surface area (Å²) >= 11 is 4.99. The van der Waals surface area contributed by atoms with Crippen LogP contribution in [-0.2, 0) is 25.5 Å². The van der Waals surface area contributed by atoms with Crippen LogP contribution < -0.4 is 20.9 Å². The summed E-state index contributed by atoms with van der Waals surface area (Å²) < 4.78 is 10.8. The van der Waals surface area contributed by atoms with E-state index in [0.29, 0.717) is 24.7 Å². The first-order chi connectivity index (χ1) is 16.9. The van der Waals surface area contributed by atoms with Gasteiger partial charge in [-0.2, -0.15) is 0 Å². The first-order valence-electron chi connectivity index (χ1n) is 11.7. The molecule has 2 aromatic carbocycles. The summed E-state index contributed by atoms with van der Waals surface area (Å²) in [6, 6.07) is 17.5. The lowest BCUT2D eigenvalue weighted by Gasteiger charge is -2.16. The maximum atomic E-state index is 12.1. The fraction of sp³-hybridized carbons (Fsp3) is 0.385. The molecule has 0 aliphatic rings. The second kappa shape index (κ2) is 15.4. The molecule has 0 saturated carbocycles. The van der Waals surface area contributed by atoms with E-state index in [4.69, 9.17) is 21.7 Å². The topological polar surface area (TPSA) is 106 Å². The number of carbonyl (C=O) groups is 3. The molecule has 0 spiro atoms. The van der Waals surface area contributed by atoms with Crippen molar-refractivity contribution in [2.75, 3.05) is 13.2 Å². The molecule has 188 valence electrons. The molecule has 0 aromatic heterocycles. The number of carbonyl (C=O) groups excluding carboxylic acids is 3. The van der Waals surface area contributed by atoms with Gasteiger partial charge in [-0.05, 0) is 54.6 Å². The number of ether oxygens (including phenoxy) is 2. The standard InChI is InChI=1S/C26H33N3O5S/c1-3-19(2)21-13-7-8-14-22(21)34-18-24(31)28-29-26(35)27-23(30)15-16-25(32)33-17-9-12-20-10-5-4-6-11-20/h4-8,10-11,13-14,19H,3,9,12,15-18H2,1-2H3,(H,28,31)(H2,27,29,30,35). The Morgan fingerprint density at radius 1 is 0.943 bits per heavy atom. The molecule has 2 aromatic rings. The zero-order valence-electron chi connectivity index (χ0n) is 20.2. The van der Waals surface area contributed by atoms with Crippen LogP contribution in [0.3, 0.4) is 0 Å². The molecule has 1 unspecified atom stereocenters. The molecule has 0 saturated heterocycles. The Morgan fingerprint density at radius 3 is 2.40 bits per heavy atom. The fourth-order valence-electron chi connectivity index (χ4n) is 3.16. The summed E-state index contributed by atoms with van der Waals surface area (Å²) in [7, 11) is 0. The molecule has 0 aliphatic carbocycles. The first-order valence-corrected chi connectivity index (χ1v) is 12.1. The van der Waals surface area contributed by atoms with E-state index < -0.39 is 17.8 Å². The molecule has 2 rings (SSSR count). The van der Waals surface area contributed by atoms with Gasteiger partial charge in [0.2, 0.25) is 5.91 Å². The van der Waals surface area contributed by atoms with Crippen LogP contribution in [0.1, 0.15) is 56.6 Å². The number of aryl methyl sites for hydroxylation is 1. The van der Waals surface area contributed by atoms with Crippen LogP contribution in [-0.4, -0.2) is 36.1 Å². The van der Waals surface area contributed by atoms with Crippen LogP contribution in [0.5, 0.6) is 5.75 Å². The van der Waals surface area contributed by atoms with Crippen molar-refractivity contribution in [3.05, 3.63) is 65.7 Å². The van der Waals surface area contributed by atoms with Crippen molar-refractivity contribution in [2.24, 2.45) is 0 Å². The number of esters is 1. The van der Waals surface area contributed by atoms with Crippen LogP contribution in [0.25, 0.3) is 0 Å². The number of hydrazine groups is 1. The summed E-state index contributed by atoms with van der Waals surface area (Å²) in [4.78, 5) is 35.8. The maximum absolute atomic E-state index is 12.1. The molecule has 8 nitrogen and oxygen atoms in total. The minimum Gasteiger partial charge on any atom is -0.483 e. The monoisotopic (exact) mass is 499 g/mol. The number of rotatable bonds is 12. The fourth-order valence-corrected chi connectivity index (χ4v) is 3.32. The maximum Gasteiger partial charge on any atom is 0.306 e. The van der Waals surface area contributed by atoms with Gasteiger partial charge >= 0.3 is 5.97 Å². The van der Waals surface area contributed by atoms with E-state index in [1.165, 1.54) is 5.56 Å². The minimum absolute atomic E-state index is 0.0599. The highest BCUT2D eigenvalue weighted by Crippen LogP contribution is 2.28. The summed E-state index contributed by atoms with van der Waals surface area (Å²) in [5.74, 6) is -0.409. The summed E-state index contributed by atoms with van der Waals surface area (Å²) in [5.41, 5.74) is 7.03. The molecular weight excluding hydrogens is 466 g/mol. The number of benzene rings is 2. The Hall–Kier alpha value is -3.46. The largest absolute Gasteiger partial charge is 0.483 e. The van der Waals surface area contributed by atoms with Crippen LogP contribution in [0.4, 0.5) is 0 Å². The van der Waals surface area contributed by atoms with Gasteiger partial charge in [-0.1, -0.05) is 62.4 Å². The number of para-hydroxylation sites is 1. The third-order valence-corrected chi connectivity index (χ3v) is 5.47. The highest BCUT2D eigenvalue weighted by molar-refractivity contribution is 7.80. The van der Waals surface area contributed by atoms with E-state index in [1.807, 2.05) is 54.6 Å². The second-order valence-corrected chi connectivity index (χ2v) is 8.40. The second-order valence-electron chi connectivity index (χ2n) is 8.00. The SMILES string of the molecule is CCC(C)c1ccccc1OCC(=O)NNC(=S)NC(=O)CCC(=O)OCCCc1ccccc1. The van der Waals surface area contributed by atoms with Crippen LogP contribution in [0, 0.1) is 0 Å². The van der Waals surface area contributed by atoms with Crippen molar-refractivity contribution in [1.82, 2.24) is 16.2 Å². The highest BCUT2D eigenvalue weighted by Gasteiger charge is 2.12. The Labute approximate surface area is 211 Å². The van der Waals surface area contributed by atoms with Gasteiger partial charge in [0.15, 0.2) is 11.7 Å². The summed E-state index contributed by atoms with van der Waals surface area (Å²) in [6.07, 6.45) is 2.34. The van der Waals surface area contributed by atoms with E-state index in [0.717, 1.165) is 18.4 Å². The van der Waals surface area contributed by atoms with E-state index in [1.54, 1.807) is 0 Å². The number of thiocarbonyl (C=S) groups is 1. The van der Waals surface area contributed by atoms with Crippen LogP contribution in [0.15, 0.2) is 54.6 Å². The van der Waals surface area contributed by atoms with Crippen molar-refractivity contribution < 1.29 is 23.9 Å². The lowest BCUT2D eigenvalue weighted by atomic mass is 9.98. The van der Waals surface area contributed by atoms with Crippen molar-refractivity contribution in [3.63, 3.8) is 0 Å². The van der Waals surface area contributed by atoms with E-state index >= 15 is 0 Å². The van der Waals surface area contributed by atoms with Gasteiger partial charge in [-0.15, -0.1) is 0 Å². The molecule has 0 bridgehead atoms. The van der Waals surface area contributed by atoms with Gasteiger partial charge < -0.3 is 14.8 Å². The van der Waals surface area contributed by atoms with Crippen molar-refractivity contribution >= 4 is 35.1 Å². The molecule has 0 aliphatic heterocycles. The molecule has 3 N–H and O–H groups in total. The first kappa shape index (κ1) is 27.8. The average molecular weight is 500 g/mol. The third kappa shape index (κ3) is 11.0. The van der Waals surface area contributed by atoms with Crippen molar-refractivity contribution in [3.8, 4) is 5.75 Å². The molecule has 35 heavy (non-hydrogen) atoms. The number of amides is 2. The van der Waals surface area contributed by atoms with Gasteiger partial charge in [0, 0.05) is 6.42 Å². The number of hydrogen-bond donors (Lipinski definition) is 3. The van der Waals surface area contributed by atoms with E-state index in [9.17, 15) is 14.4 Å². The Kier molecular flexibility index (Phi) is 12.3. The number of nitrogens with one attached hydrogen (secondary N) is 3. The smallest absolute Gasteiger partial charge is 0.306 e. The Morgan fingerprint density at radius 2 is 1.66 bits per heavy atom. The predicted molar refractivity (Wildman–Crippen MR) is 138 cm³/mol. The molecule has 1 atom stereocenters. The minimum atomic E-state index is -0.461. The predicted octanol–water partition coefficient (Wildman–Crippen LogP) is 3.56. The van der Waals surface area contributed by atoms with Gasteiger partial charge in [-0.3, -0.25) is 25.2 Å². The Balaban J connectivity index is 1.58. The highest BCUT2D eigenvalue weighted by atomic mass is 32.1. The normalized spacial score (nSPS) is 11.1. The van der Waals surface area contributed by atoms with Crippen LogP contribution >= 0.6 is 12.2 Å². The molecular formula is C26H33N3O5S. The molecule has 2 amide bonds. The summed E-state index contributed by atoms with van der Waals surface area (Å²) in [5, 5.41) is 2.32. The zero-order valence-corrected chi connectivity index (χ0v) is 21.0. The van der Waals surface area contributed by atoms with Gasteiger partial charge in [-0.25, -0.2) is 0 Å². The van der Waals surface area contributed by atoms with E-state index in [-0.39, 0.29) is 24.6 Å². The number of hydrogen-bond acceptors (Lipinski definition) is 6. The van der Waals surface area contributed by atoms with E-state index in [2.05, 4.69) is 30.0 Å². The lowest BCUT2D eigenvalue weighted by Crippen LogP contribution is -2.49. The lowest BCUT2D eigenvalue weighted by molar-refractivity contribution is -0.145. The van der Waals surface area contributed by atoms with Crippen LogP contribution in [0.2, 0.25) is 0 Å². The van der Waals surface area contributed by atoms with Crippen molar-refractivity contribution in [2.45, 2.75) is 51.9 Å². The van der Waals surface area contributed by atoms with Crippen molar-refractivity contribution in [1.29, 1.82) is 0 Å². The molecule has 0 fully saturated rings. The van der Waals surface area contributed by atoms with Gasteiger partial charge in [0.25, 0.3) is 5.91 Å². The molecule has 9 heteroatoms. The van der Waals surface area contributed by atoms with Gasteiger partial charge in [0.05, 0.1) is 13.0 Å².